The zero-order valence-corrected chi connectivity index (χ0v) is 9.15. The Morgan fingerprint density at radius 1 is 1.44 bits per heavy atom. The SMILES string of the molecule is Clc1cc2c(cc1Cn1ccnc1)COO2. The number of aromatic nitrogens is 2. The van der Waals surface area contributed by atoms with Gasteiger partial charge in [0.2, 0.25) is 0 Å². The summed E-state index contributed by atoms with van der Waals surface area (Å²) < 4.78 is 1.96. The molecule has 0 saturated carbocycles. The molecule has 0 spiro atoms. The van der Waals surface area contributed by atoms with Crippen LogP contribution >= 0.6 is 11.6 Å². The third-order valence-corrected chi connectivity index (χ3v) is 2.86. The van der Waals surface area contributed by atoms with Crippen LogP contribution in [0.4, 0.5) is 0 Å². The summed E-state index contributed by atoms with van der Waals surface area (Å²) in [6, 6.07) is 3.79. The van der Waals surface area contributed by atoms with Crippen LogP contribution in [0.1, 0.15) is 11.1 Å². The number of benzene rings is 1. The highest BCUT2D eigenvalue weighted by molar-refractivity contribution is 6.31. The van der Waals surface area contributed by atoms with Crippen molar-refractivity contribution in [1.82, 2.24) is 9.55 Å². The van der Waals surface area contributed by atoms with E-state index in [4.69, 9.17) is 21.4 Å². The molecule has 0 fully saturated rings. The lowest BCUT2D eigenvalue weighted by molar-refractivity contribution is -0.194. The number of nitrogens with zero attached hydrogens (tertiary/aromatic N) is 2. The second-order valence-corrected chi connectivity index (χ2v) is 4.04. The van der Waals surface area contributed by atoms with Crippen molar-refractivity contribution in [2.75, 3.05) is 0 Å². The highest BCUT2D eigenvalue weighted by Gasteiger charge is 2.16. The first-order valence-corrected chi connectivity index (χ1v) is 5.27. The van der Waals surface area contributed by atoms with Crippen molar-refractivity contribution < 1.29 is 9.78 Å². The van der Waals surface area contributed by atoms with Crippen molar-refractivity contribution in [3.8, 4) is 5.75 Å². The molecular formula is C11H9ClN2O2. The van der Waals surface area contributed by atoms with E-state index in [2.05, 4.69) is 4.98 Å². The predicted octanol–water partition coefficient (Wildman–Crippen LogP) is 2.41. The minimum Gasteiger partial charge on any atom is -0.337 e. The van der Waals surface area contributed by atoms with Crippen LogP contribution in [0.3, 0.4) is 0 Å². The quantitative estimate of drug-likeness (QED) is 0.752. The maximum atomic E-state index is 6.16. The summed E-state index contributed by atoms with van der Waals surface area (Å²) in [5.41, 5.74) is 2.06. The fraction of sp³-hybridized carbons (Fsp3) is 0.182. The molecule has 1 aliphatic rings. The molecule has 0 atom stereocenters. The lowest BCUT2D eigenvalue weighted by atomic mass is 10.1. The minimum absolute atomic E-state index is 0.476. The Balaban J connectivity index is 1.95. The van der Waals surface area contributed by atoms with Gasteiger partial charge in [-0.2, -0.15) is 4.89 Å². The molecule has 0 N–H and O–H groups in total. The maximum absolute atomic E-state index is 6.16. The number of halogens is 1. The normalized spacial score (nSPS) is 13.6. The first kappa shape index (κ1) is 9.69. The summed E-state index contributed by atoms with van der Waals surface area (Å²) in [7, 11) is 0. The number of rotatable bonds is 2. The van der Waals surface area contributed by atoms with Gasteiger partial charge in [0.25, 0.3) is 0 Å². The van der Waals surface area contributed by atoms with Gasteiger partial charge < -0.3 is 9.45 Å². The van der Waals surface area contributed by atoms with Crippen molar-refractivity contribution in [3.63, 3.8) is 0 Å². The topological polar surface area (TPSA) is 36.3 Å². The summed E-state index contributed by atoms with van der Waals surface area (Å²) in [5.74, 6) is 0.708. The summed E-state index contributed by atoms with van der Waals surface area (Å²) >= 11 is 6.16. The van der Waals surface area contributed by atoms with Crippen LogP contribution in [-0.4, -0.2) is 9.55 Å². The van der Waals surface area contributed by atoms with E-state index in [-0.39, 0.29) is 0 Å². The first-order valence-electron chi connectivity index (χ1n) is 4.89. The van der Waals surface area contributed by atoms with Crippen molar-refractivity contribution in [2.45, 2.75) is 13.2 Å². The van der Waals surface area contributed by atoms with Gasteiger partial charge in [-0.3, -0.25) is 0 Å². The molecule has 0 saturated heterocycles. The molecule has 1 aromatic heterocycles. The van der Waals surface area contributed by atoms with E-state index in [1.807, 2.05) is 16.8 Å². The number of hydrogen-bond acceptors (Lipinski definition) is 3. The van der Waals surface area contributed by atoms with Crippen LogP contribution in [0.25, 0.3) is 0 Å². The first-order chi connectivity index (χ1) is 7.83. The van der Waals surface area contributed by atoms with Gasteiger partial charge in [0.1, 0.15) is 6.61 Å². The van der Waals surface area contributed by atoms with E-state index in [1.54, 1.807) is 18.6 Å². The molecule has 2 heterocycles. The molecule has 0 aliphatic carbocycles. The molecule has 4 nitrogen and oxygen atoms in total. The van der Waals surface area contributed by atoms with Crippen LogP contribution in [0.5, 0.6) is 5.75 Å². The Bertz CT molecular complexity index is 511. The largest absolute Gasteiger partial charge is 0.337 e. The van der Waals surface area contributed by atoms with Crippen molar-refractivity contribution >= 4 is 11.6 Å². The van der Waals surface area contributed by atoms with E-state index in [9.17, 15) is 0 Å². The molecular weight excluding hydrogens is 228 g/mol. The lowest BCUT2D eigenvalue weighted by Gasteiger charge is -2.06. The average Bonchev–Trinajstić information content (AvgIpc) is 2.89. The number of hydrogen-bond donors (Lipinski definition) is 0. The highest BCUT2D eigenvalue weighted by Crippen LogP contribution is 2.32. The fourth-order valence-corrected chi connectivity index (χ4v) is 1.91. The van der Waals surface area contributed by atoms with Crippen LogP contribution in [-0.2, 0) is 18.0 Å². The van der Waals surface area contributed by atoms with Crippen LogP contribution in [0.15, 0.2) is 30.9 Å². The number of imidazole rings is 1. The highest BCUT2D eigenvalue weighted by atomic mass is 35.5. The third-order valence-electron chi connectivity index (χ3n) is 2.50. The van der Waals surface area contributed by atoms with Gasteiger partial charge >= 0.3 is 0 Å². The zero-order valence-electron chi connectivity index (χ0n) is 8.39. The Kier molecular flexibility index (Phi) is 2.31. The van der Waals surface area contributed by atoms with Crippen LogP contribution in [0, 0.1) is 0 Å². The van der Waals surface area contributed by atoms with Crippen molar-refractivity contribution in [1.29, 1.82) is 0 Å². The van der Waals surface area contributed by atoms with E-state index in [0.29, 0.717) is 23.9 Å². The molecule has 1 aromatic carbocycles. The van der Waals surface area contributed by atoms with Crippen LogP contribution < -0.4 is 4.89 Å². The molecule has 5 heteroatoms. The predicted molar refractivity (Wildman–Crippen MR) is 58.2 cm³/mol. The molecule has 1 aliphatic heterocycles. The second kappa shape index (κ2) is 3.81. The monoisotopic (exact) mass is 236 g/mol. The Morgan fingerprint density at radius 2 is 2.38 bits per heavy atom. The van der Waals surface area contributed by atoms with Crippen molar-refractivity contribution in [3.05, 3.63) is 47.0 Å². The third kappa shape index (κ3) is 1.66. The summed E-state index contributed by atoms with van der Waals surface area (Å²) in [6.07, 6.45) is 5.40. The Morgan fingerprint density at radius 3 is 3.19 bits per heavy atom. The van der Waals surface area contributed by atoms with Gasteiger partial charge in [0, 0.05) is 35.6 Å². The molecule has 0 bridgehead atoms. The fourth-order valence-electron chi connectivity index (χ4n) is 1.70. The molecule has 16 heavy (non-hydrogen) atoms. The molecule has 0 unspecified atom stereocenters. The summed E-state index contributed by atoms with van der Waals surface area (Å²) in [5, 5.41) is 0.679. The van der Waals surface area contributed by atoms with Gasteiger partial charge in [-0.15, -0.1) is 0 Å². The van der Waals surface area contributed by atoms with Gasteiger partial charge in [-0.1, -0.05) is 11.6 Å². The average molecular weight is 237 g/mol. The van der Waals surface area contributed by atoms with Gasteiger partial charge in [-0.25, -0.2) is 4.98 Å². The molecule has 2 aromatic rings. The molecule has 0 amide bonds. The van der Waals surface area contributed by atoms with E-state index in [1.165, 1.54) is 0 Å². The summed E-state index contributed by atoms with van der Waals surface area (Å²) in [4.78, 5) is 13.8. The van der Waals surface area contributed by atoms with Gasteiger partial charge in [0.15, 0.2) is 5.75 Å². The minimum atomic E-state index is 0.476. The standard InChI is InChI=1S/C11H9ClN2O2/c12-10-4-11-9(6-15-16-11)3-8(10)5-14-2-1-13-7-14/h1-4,7H,5-6H2. The zero-order chi connectivity index (χ0) is 11.0. The number of fused-ring (bicyclic) bond motifs is 1. The Labute approximate surface area is 97.3 Å². The maximum Gasteiger partial charge on any atom is 0.172 e. The Hall–Kier alpha value is -1.52. The second-order valence-electron chi connectivity index (χ2n) is 3.63. The summed E-state index contributed by atoms with van der Waals surface area (Å²) in [6.45, 7) is 1.18. The van der Waals surface area contributed by atoms with Gasteiger partial charge in [0.05, 0.1) is 6.33 Å². The van der Waals surface area contributed by atoms with Gasteiger partial charge in [-0.05, 0) is 11.6 Å². The van der Waals surface area contributed by atoms with Crippen LogP contribution in [0.2, 0.25) is 5.02 Å². The molecule has 0 radical (unpaired) electrons. The smallest absolute Gasteiger partial charge is 0.172 e. The van der Waals surface area contributed by atoms with Crippen molar-refractivity contribution in [2.24, 2.45) is 0 Å². The molecule has 82 valence electrons. The van der Waals surface area contributed by atoms with E-state index < -0.39 is 0 Å². The lowest BCUT2D eigenvalue weighted by Crippen LogP contribution is -1.98. The van der Waals surface area contributed by atoms with E-state index >= 15 is 0 Å². The molecule has 3 rings (SSSR count). The van der Waals surface area contributed by atoms with E-state index in [0.717, 1.165) is 11.1 Å².